The van der Waals surface area contributed by atoms with E-state index in [1.54, 1.807) is 0 Å². The second-order valence-electron chi connectivity index (χ2n) is 2.07. The van der Waals surface area contributed by atoms with Crippen LogP contribution in [0.25, 0.3) is 0 Å². The maximum absolute atomic E-state index is 3.94. The molecule has 0 aromatic carbocycles. The van der Waals surface area contributed by atoms with Crippen LogP contribution in [0.1, 0.15) is 16.2 Å². The van der Waals surface area contributed by atoms with Gasteiger partial charge in [-0.15, -0.1) is 17.0 Å². The van der Waals surface area contributed by atoms with E-state index in [0.717, 1.165) is 3.67 Å². The first-order valence-electron chi connectivity index (χ1n) is 2.96. The summed E-state index contributed by atoms with van der Waals surface area (Å²) >= 11 is 1.29. The van der Waals surface area contributed by atoms with Gasteiger partial charge in [0.05, 0.1) is 0 Å². The molecule has 1 unspecified atom stereocenters. The maximum atomic E-state index is 3.94. The molecule has 0 amide bonds. The molecule has 0 fully saturated rings. The summed E-state index contributed by atoms with van der Waals surface area (Å²) in [7, 11) is 0. The van der Waals surface area contributed by atoms with Crippen LogP contribution in [0.2, 0.25) is 0 Å². The molecular formula is C7H9BrInN. The molecule has 1 aromatic rings. The van der Waals surface area contributed by atoms with Gasteiger partial charge in [0.25, 0.3) is 0 Å². The van der Waals surface area contributed by atoms with Crippen LogP contribution in [0, 0.1) is 0 Å². The Kier molecular flexibility index (Phi) is 5.45. The Morgan fingerprint density at radius 3 is 2.20 bits per heavy atom. The Bertz CT molecular complexity index is 176. The van der Waals surface area contributed by atoms with Gasteiger partial charge in [-0.1, -0.05) is 0 Å². The second-order valence-corrected chi connectivity index (χ2v) is 4.92. The minimum atomic E-state index is 0. The van der Waals surface area contributed by atoms with Crippen molar-refractivity contribution in [3.05, 3.63) is 30.1 Å². The van der Waals surface area contributed by atoms with Gasteiger partial charge in [0.1, 0.15) is 0 Å². The first kappa shape index (κ1) is 10.5. The molecule has 1 atom stereocenters. The van der Waals surface area contributed by atoms with Crippen LogP contribution < -0.4 is 0 Å². The summed E-state index contributed by atoms with van der Waals surface area (Å²) in [5.74, 6) is 0. The standard InChI is InChI=1S/C7H8N.BrH.In/c1-2-7-3-5-8-6-4-7;;/h2-6H,1H3;1H;. The molecule has 1 aromatic heterocycles. The molecular weight excluding hydrogens is 293 g/mol. The third-order valence-corrected chi connectivity index (χ3v) is 2.33. The molecule has 0 saturated heterocycles. The summed E-state index contributed by atoms with van der Waals surface area (Å²) in [5.41, 5.74) is 1.41. The van der Waals surface area contributed by atoms with Crippen molar-refractivity contribution >= 4 is 41.4 Å². The topological polar surface area (TPSA) is 12.9 Å². The van der Waals surface area contributed by atoms with Gasteiger partial charge in [0, 0.05) is 0 Å². The van der Waals surface area contributed by atoms with Gasteiger partial charge in [-0.2, -0.15) is 0 Å². The van der Waals surface area contributed by atoms with Gasteiger partial charge in [-0.25, -0.2) is 0 Å². The van der Waals surface area contributed by atoms with Crippen molar-refractivity contribution in [2.75, 3.05) is 0 Å². The third kappa shape index (κ3) is 3.06. The summed E-state index contributed by atoms with van der Waals surface area (Å²) in [5, 5.41) is 0. The van der Waals surface area contributed by atoms with Crippen LogP contribution in [0.3, 0.4) is 0 Å². The molecule has 0 aliphatic rings. The van der Waals surface area contributed by atoms with Crippen molar-refractivity contribution in [1.82, 2.24) is 4.98 Å². The Hall–Kier alpha value is 0.500. The second kappa shape index (κ2) is 5.19. The van der Waals surface area contributed by atoms with Crippen LogP contribution >= 0.6 is 17.0 Å². The summed E-state index contributed by atoms with van der Waals surface area (Å²) in [4.78, 5) is 3.94. The van der Waals surface area contributed by atoms with Crippen LogP contribution in [0.5, 0.6) is 0 Å². The van der Waals surface area contributed by atoms with E-state index in [-0.39, 0.29) is 17.0 Å². The number of hydrogen-bond donors (Lipinski definition) is 0. The molecule has 2 radical (unpaired) electrons. The quantitative estimate of drug-likeness (QED) is 0.772. The van der Waals surface area contributed by atoms with Crippen LogP contribution in [-0.4, -0.2) is 29.4 Å². The number of halogens is 1. The third-order valence-electron chi connectivity index (χ3n) is 1.23. The number of hydrogen-bond acceptors (Lipinski definition) is 1. The van der Waals surface area contributed by atoms with Gasteiger partial charge in [0.2, 0.25) is 0 Å². The molecule has 52 valence electrons. The molecule has 0 spiro atoms. The zero-order valence-electron chi connectivity index (χ0n) is 5.82. The number of pyridine rings is 1. The van der Waals surface area contributed by atoms with E-state index in [1.165, 1.54) is 29.9 Å². The van der Waals surface area contributed by atoms with Crippen molar-refractivity contribution in [2.45, 2.75) is 10.6 Å². The first-order chi connectivity index (χ1) is 4.30. The van der Waals surface area contributed by atoms with Crippen molar-refractivity contribution in [3.8, 4) is 0 Å². The van der Waals surface area contributed by atoms with Crippen LogP contribution in [0.15, 0.2) is 24.5 Å². The van der Waals surface area contributed by atoms with E-state index in [4.69, 9.17) is 0 Å². The number of aromatic nitrogens is 1. The van der Waals surface area contributed by atoms with Crippen LogP contribution in [0.4, 0.5) is 0 Å². The SMILES string of the molecule is Br.C[CH]([In])c1ccncc1. The molecule has 0 bridgehead atoms. The van der Waals surface area contributed by atoms with E-state index in [1.807, 2.05) is 12.4 Å². The predicted molar refractivity (Wildman–Crippen MR) is 48.7 cm³/mol. The molecule has 0 N–H and O–H groups in total. The fraction of sp³-hybridized carbons (Fsp3) is 0.286. The van der Waals surface area contributed by atoms with Crippen molar-refractivity contribution < 1.29 is 0 Å². The first-order valence-corrected chi connectivity index (χ1v) is 4.86. The van der Waals surface area contributed by atoms with Gasteiger partial charge in [-0.3, -0.25) is 0 Å². The molecule has 0 aliphatic carbocycles. The van der Waals surface area contributed by atoms with E-state index in [0.29, 0.717) is 0 Å². The van der Waals surface area contributed by atoms with Gasteiger partial charge in [-0.05, 0) is 0 Å². The fourth-order valence-electron chi connectivity index (χ4n) is 0.667. The van der Waals surface area contributed by atoms with E-state index in [2.05, 4.69) is 24.0 Å². The Labute approximate surface area is 86.6 Å². The summed E-state index contributed by atoms with van der Waals surface area (Å²) in [6.45, 7) is 2.23. The molecule has 0 saturated carbocycles. The Morgan fingerprint density at radius 1 is 1.40 bits per heavy atom. The van der Waals surface area contributed by atoms with E-state index >= 15 is 0 Å². The van der Waals surface area contributed by atoms with Crippen LogP contribution in [-0.2, 0) is 0 Å². The summed E-state index contributed by atoms with van der Waals surface area (Å²) in [6.07, 6.45) is 3.70. The molecule has 1 heterocycles. The summed E-state index contributed by atoms with van der Waals surface area (Å²) in [6, 6.07) is 4.16. The molecule has 1 rings (SSSR count). The number of rotatable bonds is 1. The average molecular weight is 302 g/mol. The number of nitrogens with zero attached hydrogens (tertiary/aromatic N) is 1. The van der Waals surface area contributed by atoms with Gasteiger partial charge in [0.15, 0.2) is 0 Å². The van der Waals surface area contributed by atoms with Crippen molar-refractivity contribution in [3.63, 3.8) is 0 Å². The Balaban J connectivity index is 0.000000810. The van der Waals surface area contributed by atoms with Gasteiger partial charge >= 0.3 is 70.0 Å². The molecule has 10 heavy (non-hydrogen) atoms. The average Bonchev–Trinajstić information content (AvgIpc) is 1.90. The van der Waals surface area contributed by atoms with Crippen molar-refractivity contribution in [2.24, 2.45) is 0 Å². The normalized spacial score (nSPS) is 11.7. The molecule has 0 aliphatic heterocycles. The zero-order chi connectivity index (χ0) is 6.69. The Morgan fingerprint density at radius 2 is 1.90 bits per heavy atom. The predicted octanol–water partition coefficient (Wildman–Crippen LogP) is 1.89. The molecule has 1 nitrogen and oxygen atoms in total. The van der Waals surface area contributed by atoms with E-state index < -0.39 is 0 Å². The minimum absolute atomic E-state index is 0. The monoisotopic (exact) mass is 301 g/mol. The zero-order valence-corrected chi connectivity index (χ0v) is 10.8. The summed E-state index contributed by atoms with van der Waals surface area (Å²) < 4.78 is 0.749. The van der Waals surface area contributed by atoms with Crippen molar-refractivity contribution in [1.29, 1.82) is 0 Å². The van der Waals surface area contributed by atoms with E-state index in [9.17, 15) is 0 Å². The fourth-order valence-corrected chi connectivity index (χ4v) is 1.30. The molecule has 3 heteroatoms. The van der Waals surface area contributed by atoms with Gasteiger partial charge < -0.3 is 0 Å².